The van der Waals surface area contributed by atoms with Gasteiger partial charge in [-0.1, -0.05) is 0 Å². The van der Waals surface area contributed by atoms with Gasteiger partial charge in [-0.05, 0) is 32.0 Å². The highest BCUT2D eigenvalue weighted by molar-refractivity contribution is 6.19. The summed E-state index contributed by atoms with van der Waals surface area (Å²) in [6.07, 6.45) is 0. The minimum atomic E-state index is -0.779. The Bertz CT molecular complexity index is 1150. The summed E-state index contributed by atoms with van der Waals surface area (Å²) in [5.41, 5.74) is 3.25. The fourth-order valence-electron chi connectivity index (χ4n) is 2.81. The number of methoxy groups -OCH3 is 3. The number of hydrazine groups is 1. The summed E-state index contributed by atoms with van der Waals surface area (Å²) < 4.78 is 14.6. The van der Waals surface area contributed by atoms with Crippen LogP contribution in [0.25, 0.3) is 0 Å². The molecule has 0 saturated carbocycles. The van der Waals surface area contributed by atoms with Crippen molar-refractivity contribution in [2.45, 2.75) is 13.8 Å². The molecule has 2 N–H and O–H groups in total. The van der Waals surface area contributed by atoms with E-state index in [1.165, 1.54) is 46.3 Å². The van der Waals surface area contributed by atoms with Crippen LogP contribution in [0.15, 0.2) is 29.3 Å². The second-order valence-electron chi connectivity index (χ2n) is 6.65. The van der Waals surface area contributed by atoms with Gasteiger partial charge < -0.3 is 14.2 Å². The van der Waals surface area contributed by atoms with Crippen LogP contribution in [0.3, 0.4) is 0 Å². The summed E-state index contributed by atoms with van der Waals surface area (Å²) in [6.45, 7) is 3.07. The molecule has 1 aliphatic heterocycles. The normalized spacial score (nSPS) is 13.2. The third-order valence-corrected chi connectivity index (χ3v) is 4.71. The standard InChI is InChI=1S/C20H20N6O7/c1-9-10(2)16(29)26(15(9)28)25-11-6-7-12(17(30)31-3)13(8-11)14(27)21-18-22-19(32-4)24-20(23-18)33-5/h6-8,25H,1-5H3,(H,21,22,23,24,27). The Morgan fingerprint density at radius 3 is 1.97 bits per heavy atom. The first-order valence-corrected chi connectivity index (χ1v) is 9.40. The van der Waals surface area contributed by atoms with E-state index in [2.05, 4.69) is 25.7 Å². The number of hydrogen-bond donors (Lipinski definition) is 2. The summed E-state index contributed by atoms with van der Waals surface area (Å²) in [6, 6.07) is 3.80. The van der Waals surface area contributed by atoms with Crippen LogP contribution < -0.4 is 20.2 Å². The van der Waals surface area contributed by atoms with E-state index >= 15 is 0 Å². The van der Waals surface area contributed by atoms with Crippen LogP contribution in [0.5, 0.6) is 12.0 Å². The fraction of sp³-hybridized carbons (Fsp3) is 0.250. The third kappa shape index (κ3) is 4.56. The van der Waals surface area contributed by atoms with E-state index < -0.39 is 23.7 Å². The Morgan fingerprint density at radius 2 is 1.45 bits per heavy atom. The van der Waals surface area contributed by atoms with Crippen molar-refractivity contribution in [2.75, 3.05) is 32.1 Å². The monoisotopic (exact) mass is 456 g/mol. The van der Waals surface area contributed by atoms with Gasteiger partial charge in [0.25, 0.3) is 17.7 Å². The number of rotatable bonds is 7. The van der Waals surface area contributed by atoms with Crippen molar-refractivity contribution in [1.29, 1.82) is 0 Å². The van der Waals surface area contributed by atoms with E-state index in [0.717, 1.165) is 12.1 Å². The first kappa shape index (κ1) is 23.1. The Labute approximate surface area is 187 Å². The highest BCUT2D eigenvalue weighted by Gasteiger charge is 2.34. The SMILES string of the molecule is COC(=O)c1ccc(NN2C(=O)C(C)=C(C)C2=O)cc1C(=O)Nc1nc(OC)nc(OC)n1. The van der Waals surface area contributed by atoms with E-state index in [1.807, 2.05) is 0 Å². The van der Waals surface area contributed by atoms with Gasteiger partial charge in [-0.15, -0.1) is 4.98 Å². The van der Waals surface area contributed by atoms with Crippen molar-refractivity contribution in [1.82, 2.24) is 20.0 Å². The molecule has 1 aliphatic rings. The van der Waals surface area contributed by atoms with E-state index in [9.17, 15) is 19.2 Å². The lowest BCUT2D eigenvalue weighted by atomic mass is 10.1. The molecule has 3 amide bonds. The van der Waals surface area contributed by atoms with Gasteiger partial charge in [0.2, 0.25) is 5.95 Å². The van der Waals surface area contributed by atoms with Crippen molar-refractivity contribution in [2.24, 2.45) is 0 Å². The second-order valence-corrected chi connectivity index (χ2v) is 6.65. The Morgan fingerprint density at radius 1 is 0.879 bits per heavy atom. The Balaban J connectivity index is 1.94. The number of nitrogens with one attached hydrogen (secondary N) is 2. The summed E-state index contributed by atoms with van der Waals surface area (Å²) in [4.78, 5) is 61.5. The number of aromatic nitrogens is 3. The molecule has 0 spiro atoms. The van der Waals surface area contributed by atoms with Gasteiger partial charge in [-0.3, -0.25) is 25.1 Å². The zero-order valence-electron chi connectivity index (χ0n) is 18.4. The highest BCUT2D eigenvalue weighted by Crippen LogP contribution is 2.24. The van der Waals surface area contributed by atoms with Crippen molar-refractivity contribution >= 4 is 35.3 Å². The van der Waals surface area contributed by atoms with Gasteiger partial charge in [0.1, 0.15) is 0 Å². The van der Waals surface area contributed by atoms with Crippen LogP contribution >= 0.6 is 0 Å². The maximum Gasteiger partial charge on any atom is 0.338 e. The number of carbonyl (C=O) groups excluding carboxylic acids is 4. The Kier molecular flexibility index (Phi) is 6.51. The maximum absolute atomic E-state index is 13.0. The van der Waals surface area contributed by atoms with Crippen LogP contribution in [0, 0.1) is 0 Å². The van der Waals surface area contributed by atoms with Crippen molar-refractivity contribution in [3.05, 3.63) is 40.5 Å². The minimum absolute atomic E-state index is 0.0712. The lowest BCUT2D eigenvalue weighted by molar-refractivity contribution is -0.135. The van der Waals surface area contributed by atoms with Crippen LogP contribution in [0.1, 0.15) is 34.6 Å². The zero-order valence-corrected chi connectivity index (χ0v) is 18.4. The molecule has 2 heterocycles. The predicted molar refractivity (Wildman–Crippen MR) is 113 cm³/mol. The van der Waals surface area contributed by atoms with Crippen LogP contribution in [-0.2, 0) is 14.3 Å². The predicted octanol–water partition coefficient (Wildman–Crippen LogP) is 0.960. The van der Waals surface area contributed by atoms with Gasteiger partial charge in [-0.25, -0.2) is 4.79 Å². The lowest BCUT2D eigenvalue weighted by Crippen LogP contribution is -2.37. The van der Waals surface area contributed by atoms with Crippen LogP contribution in [-0.4, -0.2) is 65.0 Å². The van der Waals surface area contributed by atoms with E-state index in [-0.39, 0.29) is 34.8 Å². The Hall–Kier alpha value is -4.55. The van der Waals surface area contributed by atoms with Gasteiger partial charge in [0, 0.05) is 11.1 Å². The molecule has 0 bridgehead atoms. The number of nitrogens with zero attached hydrogens (tertiary/aromatic N) is 4. The van der Waals surface area contributed by atoms with Crippen LogP contribution in [0.2, 0.25) is 0 Å². The number of esters is 1. The van der Waals surface area contributed by atoms with Crippen molar-refractivity contribution < 1.29 is 33.4 Å². The topological polar surface area (TPSA) is 162 Å². The molecule has 1 aromatic heterocycles. The van der Waals surface area contributed by atoms with Crippen LogP contribution in [0.4, 0.5) is 11.6 Å². The number of imide groups is 1. The molecule has 0 fully saturated rings. The molecule has 0 unspecified atom stereocenters. The molecule has 3 rings (SSSR count). The van der Waals surface area contributed by atoms with Gasteiger partial charge in [0.05, 0.1) is 38.1 Å². The molecular weight excluding hydrogens is 436 g/mol. The third-order valence-electron chi connectivity index (χ3n) is 4.71. The first-order chi connectivity index (χ1) is 15.7. The summed E-state index contributed by atoms with van der Waals surface area (Å²) in [5.74, 6) is -2.80. The molecule has 13 heteroatoms. The average Bonchev–Trinajstić information content (AvgIpc) is 3.00. The number of anilines is 2. The van der Waals surface area contributed by atoms with E-state index in [1.54, 1.807) is 0 Å². The smallest absolute Gasteiger partial charge is 0.338 e. The number of hydrogen-bond acceptors (Lipinski definition) is 11. The van der Waals surface area contributed by atoms with Crippen molar-refractivity contribution in [3.63, 3.8) is 0 Å². The molecule has 172 valence electrons. The first-order valence-electron chi connectivity index (χ1n) is 9.40. The highest BCUT2D eigenvalue weighted by atomic mass is 16.5. The number of carbonyl (C=O) groups is 4. The maximum atomic E-state index is 13.0. The number of benzene rings is 1. The number of ether oxygens (including phenoxy) is 3. The second kappa shape index (κ2) is 9.30. The van der Waals surface area contributed by atoms with Gasteiger partial charge in [0.15, 0.2) is 0 Å². The average molecular weight is 456 g/mol. The molecule has 0 atom stereocenters. The van der Waals surface area contributed by atoms with E-state index in [4.69, 9.17) is 14.2 Å². The quantitative estimate of drug-likeness (QED) is 0.451. The fourth-order valence-corrected chi connectivity index (χ4v) is 2.81. The lowest BCUT2D eigenvalue weighted by Gasteiger charge is -2.18. The van der Waals surface area contributed by atoms with Crippen molar-refractivity contribution in [3.8, 4) is 12.0 Å². The molecular formula is C20H20N6O7. The van der Waals surface area contributed by atoms with E-state index in [0.29, 0.717) is 11.1 Å². The summed E-state index contributed by atoms with van der Waals surface area (Å²) >= 11 is 0. The molecule has 33 heavy (non-hydrogen) atoms. The molecule has 0 saturated heterocycles. The summed E-state index contributed by atoms with van der Waals surface area (Å²) in [7, 11) is 3.81. The molecule has 0 radical (unpaired) electrons. The molecule has 1 aromatic carbocycles. The molecule has 2 aromatic rings. The molecule has 13 nitrogen and oxygen atoms in total. The minimum Gasteiger partial charge on any atom is -0.467 e. The van der Waals surface area contributed by atoms with Gasteiger partial charge >= 0.3 is 18.0 Å². The molecule has 0 aliphatic carbocycles. The largest absolute Gasteiger partial charge is 0.467 e. The van der Waals surface area contributed by atoms with Gasteiger partial charge in [-0.2, -0.15) is 15.0 Å². The summed E-state index contributed by atoms with van der Waals surface area (Å²) in [5, 5.41) is 3.25. The number of amides is 3. The zero-order chi connectivity index (χ0) is 24.3.